The summed E-state index contributed by atoms with van der Waals surface area (Å²) in [4.78, 5) is 41.3. The third-order valence-electron chi connectivity index (χ3n) is 7.15. The Bertz CT molecular complexity index is 1220. The first-order valence-corrected chi connectivity index (χ1v) is 13.7. The molecule has 1 fully saturated rings. The summed E-state index contributed by atoms with van der Waals surface area (Å²) in [5.74, 6) is -1.01. The molecular formula is C30H39N3O7. The van der Waals surface area contributed by atoms with E-state index >= 15 is 0 Å². The van der Waals surface area contributed by atoms with Crippen molar-refractivity contribution in [3.05, 3.63) is 69.3 Å². The number of Topliss-reactive ketones (excluding diaryl/α,β-unsaturated/α-hetero) is 1. The smallest absolute Gasteiger partial charge is 0.295 e. The third-order valence-corrected chi connectivity index (χ3v) is 7.15. The second-order valence-electron chi connectivity index (χ2n) is 9.81. The van der Waals surface area contributed by atoms with Gasteiger partial charge in [0.1, 0.15) is 17.3 Å². The van der Waals surface area contributed by atoms with Gasteiger partial charge in [0.25, 0.3) is 17.4 Å². The van der Waals surface area contributed by atoms with Gasteiger partial charge in [-0.15, -0.1) is 0 Å². The normalized spacial score (nSPS) is 16.5. The Hall–Kier alpha value is -3.92. The molecule has 40 heavy (non-hydrogen) atoms. The molecule has 10 heteroatoms. The largest absolute Gasteiger partial charge is 0.507 e. The van der Waals surface area contributed by atoms with E-state index in [4.69, 9.17) is 9.47 Å². The molecule has 3 rings (SSSR count). The Kier molecular flexibility index (Phi) is 11.1. The standard InChI is InChI=1S/C30H39N3O7/c1-5-7-16-31(17-8-6-2)18-9-19-32-27(24-20-23(39-3)14-15-25(24)40-4)26(29(35)30(32)36)28(34)21-10-12-22(13-11-21)33(37)38/h10-15,20,27,34H,5-9,16-19H2,1-4H3/t27-/m1/s1. The van der Waals surface area contributed by atoms with Crippen LogP contribution in [0.15, 0.2) is 48.0 Å². The van der Waals surface area contributed by atoms with Crippen molar-refractivity contribution in [1.82, 2.24) is 9.80 Å². The van der Waals surface area contributed by atoms with Crippen LogP contribution >= 0.6 is 0 Å². The lowest BCUT2D eigenvalue weighted by molar-refractivity contribution is -0.384. The summed E-state index contributed by atoms with van der Waals surface area (Å²) in [6.45, 7) is 7.33. The number of carbonyl (C=O) groups excluding carboxylic acids is 2. The number of unbranched alkanes of at least 4 members (excludes halogenated alkanes) is 2. The van der Waals surface area contributed by atoms with Gasteiger partial charge < -0.3 is 24.4 Å². The van der Waals surface area contributed by atoms with Gasteiger partial charge in [0.15, 0.2) is 0 Å². The number of ketones is 1. The van der Waals surface area contributed by atoms with Crippen molar-refractivity contribution in [2.75, 3.05) is 40.4 Å². The third kappa shape index (κ3) is 6.98. The zero-order chi connectivity index (χ0) is 29.2. The number of aliphatic hydroxyl groups excluding tert-OH is 1. The first-order valence-electron chi connectivity index (χ1n) is 13.7. The van der Waals surface area contributed by atoms with Crippen LogP contribution in [0.25, 0.3) is 5.76 Å². The molecule has 1 atom stereocenters. The van der Waals surface area contributed by atoms with Crippen molar-refractivity contribution in [3.63, 3.8) is 0 Å². The molecule has 0 bridgehead atoms. The van der Waals surface area contributed by atoms with Crippen LogP contribution < -0.4 is 9.47 Å². The van der Waals surface area contributed by atoms with Crippen molar-refractivity contribution in [1.29, 1.82) is 0 Å². The van der Waals surface area contributed by atoms with E-state index in [1.165, 1.54) is 43.4 Å². The molecule has 0 unspecified atom stereocenters. The quantitative estimate of drug-likeness (QED) is 0.103. The minimum atomic E-state index is -0.931. The van der Waals surface area contributed by atoms with Crippen LogP contribution in [0.4, 0.5) is 5.69 Å². The summed E-state index contributed by atoms with van der Waals surface area (Å²) in [5.41, 5.74) is 0.442. The number of nitrogens with zero attached hydrogens (tertiary/aromatic N) is 3. The molecule has 0 radical (unpaired) electrons. The average molecular weight is 554 g/mol. The Labute approximate surface area is 235 Å². The minimum Gasteiger partial charge on any atom is -0.507 e. The number of benzene rings is 2. The lowest BCUT2D eigenvalue weighted by Gasteiger charge is -2.28. The van der Waals surface area contributed by atoms with Crippen LogP contribution in [0.3, 0.4) is 0 Å². The highest BCUT2D eigenvalue weighted by molar-refractivity contribution is 6.46. The van der Waals surface area contributed by atoms with Gasteiger partial charge >= 0.3 is 0 Å². The zero-order valence-corrected chi connectivity index (χ0v) is 23.7. The van der Waals surface area contributed by atoms with E-state index in [1.54, 1.807) is 18.2 Å². The lowest BCUT2D eigenvalue weighted by Crippen LogP contribution is -2.34. The van der Waals surface area contributed by atoms with Crippen LogP contribution in [0.1, 0.15) is 63.1 Å². The Morgan fingerprint density at radius 1 is 0.975 bits per heavy atom. The summed E-state index contributed by atoms with van der Waals surface area (Å²) in [6.07, 6.45) is 5.00. The fourth-order valence-electron chi connectivity index (χ4n) is 4.95. The van der Waals surface area contributed by atoms with E-state index in [-0.39, 0.29) is 16.8 Å². The van der Waals surface area contributed by atoms with Gasteiger partial charge in [-0.1, -0.05) is 26.7 Å². The van der Waals surface area contributed by atoms with Gasteiger partial charge in [-0.25, -0.2) is 0 Å². The van der Waals surface area contributed by atoms with Crippen molar-refractivity contribution >= 4 is 23.1 Å². The van der Waals surface area contributed by atoms with Crippen molar-refractivity contribution < 1.29 is 29.1 Å². The molecule has 1 N–H and O–H groups in total. The molecule has 2 aromatic rings. The van der Waals surface area contributed by atoms with Crippen molar-refractivity contribution in [2.24, 2.45) is 0 Å². The van der Waals surface area contributed by atoms with Gasteiger partial charge in [0, 0.05) is 29.8 Å². The number of carbonyl (C=O) groups is 2. The molecule has 10 nitrogen and oxygen atoms in total. The topological polar surface area (TPSA) is 122 Å². The van der Waals surface area contributed by atoms with Gasteiger partial charge in [-0.3, -0.25) is 19.7 Å². The Morgan fingerprint density at radius 2 is 1.60 bits per heavy atom. The second kappa shape index (κ2) is 14.5. The number of ether oxygens (including phenoxy) is 2. The van der Waals surface area contributed by atoms with Crippen LogP contribution in [-0.4, -0.2) is 71.9 Å². The highest BCUT2D eigenvalue weighted by Crippen LogP contribution is 2.44. The fourth-order valence-corrected chi connectivity index (χ4v) is 4.95. The number of hydrogen-bond acceptors (Lipinski definition) is 8. The molecular weight excluding hydrogens is 514 g/mol. The molecule has 1 aliphatic heterocycles. The zero-order valence-electron chi connectivity index (χ0n) is 23.7. The van der Waals surface area contributed by atoms with E-state index in [1.807, 2.05) is 0 Å². The molecule has 216 valence electrons. The number of nitro groups is 1. The molecule has 1 saturated heterocycles. The highest BCUT2D eigenvalue weighted by atomic mass is 16.6. The summed E-state index contributed by atoms with van der Waals surface area (Å²) < 4.78 is 11.0. The Balaban J connectivity index is 2.04. The first kappa shape index (κ1) is 30.6. The van der Waals surface area contributed by atoms with Gasteiger partial charge in [0.05, 0.1) is 30.8 Å². The SMILES string of the molecule is CCCCN(CCCC)CCCN1C(=O)C(=O)C(=C(O)c2ccc([N+](=O)[O-])cc2)[C@H]1c1cc(OC)ccc1OC. The molecule has 0 spiro atoms. The van der Waals surface area contributed by atoms with E-state index in [2.05, 4.69) is 18.7 Å². The highest BCUT2D eigenvalue weighted by Gasteiger charge is 2.47. The maximum absolute atomic E-state index is 13.4. The summed E-state index contributed by atoms with van der Waals surface area (Å²) in [6, 6.07) is 9.38. The second-order valence-corrected chi connectivity index (χ2v) is 9.81. The fraction of sp³-hybridized carbons (Fsp3) is 0.467. The number of rotatable bonds is 15. The van der Waals surface area contributed by atoms with E-state index in [0.717, 1.165) is 45.3 Å². The summed E-state index contributed by atoms with van der Waals surface area (Å²) in [7, 11) is 3.01. The summed E-state index contributed by atoms with van der Waals surface area (Å²) in [5, 5.41) is 22.4. The average Bonchev–Trinajstić information content (AvgIpc) is 3.22. The number of amides is 1. The molecule has 1 heterocycles. The predicted molar refractivity (Wildman–Crippen MR) is 153 cm³/mol. The van der Waals surface area contributed by atoms with E-state index in [9.17, 15) is 24.8 Å². The lowest BCUT2D eigenvalue weighted by atomic mass is 9.94. The number of likely N-dealkylation sites (tertiary alicyclic amines) is 1. The summed E-state index contributed by atoms with van der Waals surface area (Å²) >= 11 is 0. The molecule has 0 saturated carbocycles. The van der Waals surface area contributed by atoms with Gasteiger partial charge in [0.2, 0.25) is 0 Å². The molecule has 0 aromatic heterocycles. The molecule has 1 amide bonds. The maximum atomic E-state index is 13.4. The molecule has 0 aliphatic carbocycles. The first-order chi connectivity index (χ1) is 19.3. The number of non-ortho nitro benzene ring substituents is 1. The number of nitro benzene ring substituents is 1. The maximum Gasteiger partial charge on any atom is 0.295 e. The Morgan fingerprint density at radius 3 is 2.15 bits per heavy atom. The van der Waals surface area contributed by atoms with Crippen LogP contribution in [0.5, 0.6) is 11.5 Å². The van der Waals surface area contributed by atoms with Gasteiger partial charge in [-0.05, 0) is 69.2 Å². The molecule has 1 aliphatic rings. The molecule has 2 aromatic carbocycles. The number of methoxy groups -OCH3 is 2. The van der Waals surface area contributed by atoms with E-state index < -0.39 is 28.4 Å². The number of hydrogen-bond donors (Lipinski definition) is 1. The van der Waals surface area contributed by atoms with Gasteiger partial charge in [-0.2, -0.15) is 0 Å². The van der Waals surface area contributed by atoms with Crippen LogP contribution in [0, 0.1) is 10.1 Å². The van der Waals surface area contributed by atoms with Crippen LogP contribution in [-0.2, 0) is 9.59 Å². The predicted octanol–water partition coefficient (Wildman–Crippen LogP) is 5.33. The van der Waals surface area contributed by atoms with E-state index in [0.29, 0.717) is 30.0 Å². The minimum absolute atomic E-state index is 0.0979. The monoisotopic (exact) mass is 553 g/mol. The van der Waals surface area contributed by atoms with Crippen molar-refractivity contribution in [3.8, 4) is 11.5 Å². The van der Waals surface area contributed by atoms with Crippen LogP contribution in [0.2, 0.25) is 0 Å². The number of aliphatic hydroxyl groups is 1. The van der Waals surface area contributed by atoms with Crippen molar-refractivity contribution in [2.45, 2.75) is 52.0 Å².